The van der Waals surface area contributed by atoms with E-state index in [1.165, 1.54) is 10.9 Å². The number of nitrogens with zero attached hydrogens (tertiary/aromatic N) is 2. The summed E-state index contributed by atoms with van der Waals surface area (Å²) in [4.78, 5) is 11.4. The summed E-state index contributed by atoms with van der Waals surface area (Å²) in [5, 5.41) is 5.99. The first-order chi connectivity index (χ1) is 7.83. The third-order valence-electron chi connectivity index (χ3n) is 2.05. The van der Waals surface area contributed by atoms with Crippen LogP contribution in [0.5, 0.6) is 5.75 Å². The van der Waals surface area contributed by atoms with Gasteiger partial charge in [-0.2, -0.15) is 5.10 Å². The number of para-hydroxylation sites is 2. The average molecular weight is 220 g/mol. The van der Waals surface area contributed by atoms with Crippen molar-refractivity contribution in [2.45, 2.75) is 0 Å². The number of benzene rings is 1. The predicted octanol–water partition coefficient (Wildman–Crippen LogP) is -0.102. The molecule has 0 unspecified atom stereocenters. The zero-order valence-corrected chi connectivity index (χ0v) is 8.59. The molecule has 0 bridgehead atoms. The summed E-state index contributed by atoms with van der Waals surface area (Å²) in [5.74, 6) is 0.608. The van der Waals surface area contributed by atoms with Gasteiger partial charge < -0.3 is 10.5 Å². The van der Waals surface area contributed by atoms with E-state index in [-0.39, 0.29) is 5.69 Å². The van der Waals surface area contributed by atoms with E-state index in [0.717, 1.165) is 0 Å². The highest BCUT2D eigenvalue weighted by Gasteiger charge is 2.07. The number of aromatic nitrogens is 3. The second kappa shape index (κ2) is 4.63. The molecule has 0 saturated carbocycles. The van der Waals surface area contributed by atoms with Crippen LogP contribution in [0.25, 0.3) is 5.69 Å². The molecule has 0 aliphatic carbocycles. The predicted molar refractivity (Wildman–Crippen MR) is 58.7 cm³/mol. The number of H-pyrrole nitrogens is 1. The Kier molecular flexibility index (Phi) is 3.02. The third kappa shape index (κ3) is 1.96. The van der Waals surface area contributed by atoms with Gasteiger partial charge in [0.2, 0.25) is 0 Å². The van der Waals surface area contributed by atoms with Crippen LogP contribution in [0.3, 0.4) is 0 Å². The second-order valence-electron chi connectivity index (χ2n) is 3.14. The minimum atomic E-state index is -0.302. The molecule has 0 spiro atoms. The number of hydrogen-bond donors (Lipinski definition) is 2. The number of hydrogen-bond acceptors (Lipinski definition) is 4. The molecule has 0 atom stereocenters. The van der Waals surface area contributed by atoms with Gasteiger partial charge in [-0.05, 0) is 12.1 Å². The van der Waals surface area contributed by atoms with Crippen LogP contribution in [0.4, 0.5) is 0 Å². The molecule has 0 radical (unpaired) electrons. The lowest BCUT2D eigenvalue weighted by atomic mass is 10.3. The molecule has 2 rings (SSSR count). The number of nitrogens with two attached hydrogens (primary N) is 1. The van der Waals surface area contributed by atoms with Gasteiger partial charge >= 0.3 is 5.69 Å². The molecule has 3 N–H and O–H groups in total. The summed E-state index contributed by atoms with van der Waals surface area (Å²) >= 11 is 0. The lowest BCUT2D eigenvalue weighted by molar-refractivity contribution is 0.327. The Balaban J connectivity index is 2.40. The van der Waals surface area contributed by atoms with Crippen molar-refractivity contribution < 1.29 is 4.74 Å². The highest BCUT2D eigenvalue weighted by Crippen LogP contribution is 2.20. The maximum atomic E-state index is 11.4. The Hall–Kier alpha value is -2.08. The minimum Gasteiger partial charge on any atom is -0.490 e. The average Bonchev–Trinajstić information content (AvgIpc) is 2.73. The largest absolute Gasteiger partial charge is 0.490 e. The van der Waals surface area contributed by atoms with Crippen molar-refractivity contribution in [1.29, 1.82) is 0 Å². The van der Waals surface area contributed by atoms with Gasteiger partial charge in [-0.25, -0.2) is 14.5 Å². The molecule has 0 amide bonds. The van der Waals surface area contributed by atoms with Crippen LogP contribution < -0.4 is 16.2 Å². The Morgan fingerprint density at radius 3 is 2.94 bits per heavy atom. The van der Waals surface area contributed by atoms with Gasteiger partial charge in [-0.3, -0.25) is 0 Å². The normalized spacial score (nSPS) is 10.3. The molecule has 2 aromatic rings. The van der Waals surface area contributed by atoms with Crippen molar-refractivity contribution in [1.82, 2.24) is 14.8 Å². The van der Waals surface area contributed by atoms with Crippen LogP contribution >= 0.6 is 0 Å². The Labute approximate surface area is 91.7 Å². The number of ether oxygens (including phenoxy) is 1. The molecule has 0 aliphatic rings. The molecule has 0 aliphatic heterocycles. The van der Waals surface area contributed by atoms with Crippen LogP contribution in [0, 0.1) is 0 Å². The van der Waals surface area contributed by atoms with Crippen molar-refractivity contribution in [3.8, 4) is 11.4 Å². The van der Waals surface area contributed by atoms with Gasteiger partial charge in [-0.1, -0.05) is 12.1 Å². The molecule has 0 fully saturated rings. The summed E-state index contributed by atoms with van der Waals surface area (Å²) in [6.45, 7) is 0.832. The fourth-order valence-electron chi connectivity index (χ4n) is 1.37. The number of nitrogens with one attached hydrogen (secondary N) is 1. The van der Waals surface area contributed by atoms with E-state index in [1.54, 1.807) is 12.1 Å². The van der Waals surface area contributed by atoms with Crippen molar-refractivity contribution >= 4 is 0 Å². The summed E-state index contributed by atoms with van der Waals surface area (Å²) in [6, 6.07) is 7.22. The first-order valence-electron chi connectivity index (χ1n) is 4.87. The fraction of sp³-hybridized carbons (Fsp3) is 0.200. The van der Waals surface area contributed by atoms with Gasteiger partial charge in [0.1, 0.15) is 18.7 Å². The molecular formula is C10H12N4O2. The van der Waals surface area contributed by atoms with Crippen LogP contribution in [-0.4, -0.2) is 27.9 Å². The van der Waals surface area contributed by atoms with Crippen LogP contribution in [-0.2, 0) is 0 Å². The third-order valence-corrected chi connectivity index (χ3v) is 2.05. The Bertz CT molecular complexity index is 517. The van der Waals surface area contributed by atoms with E-state index < -0.39 is 0 Å². The minimum absolute atomic E-state index is 0.302. The monoisotopic (exact) mass is 220 g/mol. The molecule has 16 heavy (non-hydrogen) atoms. The van der Waals surface area contributed by atoms with Gasteiger partial charge in [0.15, 0.2) is 0 Å². The summed E-state index contributed by atoms with van der Waals surface area (Å²) in [6.07, 6.45) is 1.41. The van der Waals surface area contributed by atoms with Crippen molar-refractivity contribution in [3.63, 3.8) is 0 Å². The molecular weight excluding hydrogens is 208 g/mol. The van der Waals surface area contributed by atoms with Crippen LogP contribution in [0.1, 0.15) is 0 Å². The highest BCUT2D eigenvalue weighted by molar-refractivity contribution is 5.46. The molecule has 0 saturated heterocycles. The Morgan fingerprint density at radius 2 is 2.25 bits per heavy atom. The SMILES string of the molecule is NCCOc1ccccc1-n1cn[nH]c1=O. The molecule has 84 valence electrons. The van der Waals surface area contributed by atoms with E-state index in [2.05, 4.69) is 10.2 Å². The van der Waals surface area contributed by atoms with Gasteiger partial charge in [0.25, 0.3) is 0 Å². The molecule has 1 aromatic heterocycles. The first-order valence-corrected chi connectivity index (χ1v) is 4.87. The zero-order chi connectivity index (χ0) is 11.4. The number of aromatic amines is 1. The quantitative estimate of drug-likeness (QED) is 0.753. The molecule has 1 heterocycles. The van der Waals surface area contributed by atoms with Gasteiger partial charge in [-0.15, -0.1) is 0 Å². The van der Waals surface area contributed by atoms with E-state index >= 15 is 0 Å². The Morgan fingerprint density at radius 1 is 1.44 bits per heavy atom. The maximum absolute atomic E-state index is 11.4. The maximum Gasteiger partial charge on any atom is 0.347 e. The van der Waals surface area contributed by atoms with E-state index in [0.29, 0.717) is 24.6 Å². The van der Waals surface area contributed by atoms with E-state index in [9.17, 15) is 4.79 Å². The van der Waals surface area contributed by atoms with Crippen molar-refractivity contribution in [3.05, 3.63) is 41.1 Å². The van der Waals surface area contributed by atoms with Crippen molar-refractivity contribution in [2.24, 2.45) is 5.73 Å². The molecule has 6 nitrogen and oxygen atoms in total. The summed E-state index contributed by atoms with van der Waals surface area (Å²) < 4.78 is 6.82. The lowest BCUT2D eigenvalue weighted by Crippen LogP contribution is -2.16. The van der Waals surface area contributed by atoms with Gasteiger partial charge in [0, 0.05) is 6.54 Å². The number of rotatable bonds is 4. The topological polar surface area (TPSA) is 85.9 Å². The fourth-order valence-corrected chi connectivity index (χ4v) is 1.37. The standard InChI is InChI=1S/C10H12N4O2/c11-5-6-16-9-4-2-1-3-8(9)14-7-12-13-10(14)15/h1-4,7H,5-6,11H2,(H,13,15). The highest BCUT2D eigenvalue weighted by atomic mass is 16.5. The smallest absolute Gasteiger partial charge is 0.347 e. The first kappa shape index (κ1) is 10.4. The summed E-state index contributed by atoms with van der Waals surface area (Å²) in [7, 11) is 0. The van der Waals surface area contributed by atoms with E-state index in [1.807, 2.05) is 12.1 Å². The lowest BCUT2D eigenvalue weighted by Gasteiger charge is -2.09. The second-order valence-corrected chi connectivity index (χ2v) is 3.14. The van der Waals surface area contributed by atoms with Crippen molar-refractivity contribution in [2.75, 3.05) is 13.2 Å². The zero-order valence-electron chi connectivity index (χ0n) is 8.59. The molecule has 6 heteroatoms. The van der Waals surface area contributed by atoms with Crippen LogP contribution in [0.15, 0.2) is 35.4 Å². The summed E-state index contributed by atoms with van der Waals surface area (Å²) in [5.41, 5.74) is 5.71. The molecule has 1 aromatic carbocycles. The van der Waals surface area contributed by atoms with Gasteiger partial charge in [0.05, 0.1) is 5.69 Å². The van der Waals surface area contributed by atoms with Crippen LogP contribution in [0.2, 0.25) is 0 Å². The van der Waals surface area contributed by atoms with E-state index in [4.69, 9.17) is 10.5 Å².